The summed E-state index contributed by atoms with van der Waals surface area (Å²) < 4.78 is 53.4. The van der Waals surface area contributed by atoms with Crippen LogP contribution in [0.2, 0.25) is 0 Å². The molecule has 15 heteroatoms. The summed E-state index contributed by atoms with van der Waals surface area (Å²) in [5.74, 6) is -1.80. The summed E-state index contributed by atoms with van der Waals surface area (Å²) in [5.41, 5.74) is 0. The lowest BCUT2D eigenvalue weighted by molar-refractivity contribution is -0.169. The van der Waals surface area contributed by atoms with Crippen LogP contribution in [0.15, 0.2) is 0 Å². The number of ether oxygens (including phenoxy) is 10. The number of carbonyl (C=O) groups is 3. The molecule has 2 N–H and O–H groups in total. The van der Waals surface area contributed by atoms with Crippen LogP contribution in [0.1, 0.15) is 0 Å². The minimum atomic E-state index is -1.32. The number of carbonyl (C=O) groups excluding carboxylic acids is 3. The van der Waals surface area contributed by atoms with Crippen molar-refractivity contribution < 1.29 is 61.8 Å². The Bertz CT molecular complexity index is 630. The molecule has 224 valence electrons. The minimum absolute atomic E-state index is 0.137. The Hall–Kier alpha value is -1.79. The van der Waals surface area contributed by atoms with E-state index in [-0.39, 0.29) is 13.2 Å². The van der Waals surface area contributed by atoms with Gasteiger partial charge in [-0.2, -0.15) is 0 Å². The number of rotatable bonds is 20. The fourth-order valence-corrected chi connectivity index (χ4v) is 3.96. The number of methoxy groups -OCH3 is 10. The van der Waals surface area contributed by atoms with Crippen LogP contribution in [0.4, 0.5) is 4.79 Å². The highest BCUT2D eigenvalue weighted by molar-refractivity contribution is 6.04. The molecule has 0 aromatic carbocycles. The molecule has 0 spiro atoms. The van der Waals surface area contributed by atoms with Crippen LogP contribution >= 0.6 is 0 Å². The molecule has 0 bridgehead atoms. The fraction of sp³-hybridized carbons (Fsp3) is 0.870. The predicted octanol–water partition coefficient (Wildman–Crippen LogP) is -1.25. The lowest BCUT2D eigenvalue weighted by Gasteiger charge is -2.34. The molecule has 0 saturated carbocycles. The molecule has 38 heavy (non-hydrogen) atoms. The van der Waals surface area contributed by atoms with Crippen LogP contribution in [-0.4, -0.2) is 151 Å². The first-order valence-electron chi connectivity index (χ1n) is 11.6. The van der Waals surface area contributed by atoms with Gasteiger partial charge in [0.25, 0.3) is 11.8 Å². The van der Waals surface area contributed by atoms with E-state index in [2.05, 4.69) is 10.6 Å². The maximum atomic E-state index is 12.9. The van der Waals surface area contributed by atoms with Crippen LogP contribution in [0.3, 0.4) is 0 Å². The third-order valence-corrected chi connectivity index (χ3v) is 5.83. The second-order valence-electron chi connectivity index (χ2n) is 7.88. The number of nitrogens with one attached hydrogen (secondary N) is 2. The first kappa shape index (κ1) is 36.2. The maximum Gasteiger partial charge on any atom is 0.328 e. The van der Waals surface area contributed by atoms with Gasteiger partial charge in [0.2, 0.25) is 0 Å². The second-order valence-corrected chi connectivity index (χ2v) is 7.88. The van der Waals surface area contributed by atoms with Crippen LogP contribution in [0.25, 0.3) is 0 Å². The first-order chi connectivity index (χ1) is 18.2. The van der Waals surface area contributed by atoms with E-state index in [1.165, 1.54) is 71.1 Å². The Kier molecular flexibility index (Phi) is 19.2. The lowest BCUT2D eigenvalue weighted by atomic mass is 10.0. The molecule has 8 unspecified atom stereocenters. The quantitative estimate of drug-likeness (QED) is 0.183. The largest absolute Gasteiger partial charge is 0.382 e. The van der Waals surface area contributed by atoms with E-state index in [0.717, 1.165) is 0 Å². The van der Waals surface area contributed by atoms with E-state index in [0.29, 0.717) is 0 Å². The first-order valence-corrected chi connectivity index (χ1v) is 11.6. The summed E-state index contributed by atoms with van der Waals surface area (Å²) in [5, 5.41) is 4.13. The van der Waals surface area contributed by atoms with Gasteiger partial charge in [-0.25, -0.2) is 4.79 Å². The fourth-order valence-electron chi connectivity index (χ4n) is 3.96. The van der Waals surface area contributed by atoms with E-state index < -0.39 is 66.7 Å². The Morgan fingerprint density at radius 1 is 0.474 bits per heavy atom. The summed E-state index contributed by atoms with van der Waals surface area (Å²) in [4.78, 5) is 38.4. The van der Waals surface area contributed by atoms with Crippen molar-refractivity contribution in [2.45, 2.75) is 48.8 Å². The highest BCUT2D eigenvalue weighted by atomic mass is 16.6. The SMILES string of the molecule is COCC(OC)C(OC)C(OC)C(OC)C(=O)NC(=O)NC(=O)C(OC)C(OC)C(OC)C(COC)OC. The van der Waals surface area contributed by atoms with Crippen molar-refractivity contribution in [3.8, 4) is 0 Å². The standard InChI is InChI=1S/C23H44N2O13/c1-29-11-13(31-3)15(33-5)17(35-7)19(37-9)21(26)24-23(28)25-22(27)20(38-10)18(36-8)16(34-6)14(32-4)12-30-2/h13-20H,11-12H2,1-10H3,(H2,24,25,26,27,28). The van der Waals surface area contributed by atoms with Crippen molar-refractivity contribution in [3.63, 3.8) is 0 Å². The van der Waals surface area contributed by atoms with Crippen molar-refractivity contribution in [2.75, 3.05) is 84.3 Å². The zero-order valence-corrected chi connectivity index (χ0v) is 23.8. The van der Waals surface area contributed by atoms with Gasteiger partial charge in [0, 0.05) is 71.1 Å². The zero-order valence-electron chi connectivity index (χ0n) is 23.8. The van der Waals surface area contributed by atoms with Gasteiger partial charge in [-0.05, 0) is 0 Å². The average Bonchev–Trinajstić information content (AvgIpc) is 2.90. The second kappa shape index (κ2) is 20.2. The van der Waals surface area contributed by atoms with Crippen molar-refractivity contribution in [3.05, 3.63) is 0 Å². The summed E-state index contributed by atoms with van der Waals surface area (Å²) in [6, 6.07) is -1.13. The van der Waals surface area contributed by atoms with Crippen molar-refractivity contribution in [1.82, 2.24) is 10.6 Å². The van der Waals surface area contributed by atoms with E-state index in [1.807, 2.05) is 0 Å². The van der Waals surface area contributed by atoms with Crippen LogP contribution in [-0.2, 0) is 57.0 Å². The zero-order chi connectivity index (χ0) is 29.3. The molecular formula is C23H44N2O13. The summed E-state index contributed by atoms with van der Waals surface area (Å²) in [6.07, 6.45) is -7.51. The van der Waals surface area contributed by atoms with Crippen LogP contribution < -0.4 is 10.6 Å². The molecule has 0 aliphatic carbocycles. The van der Waals surface area contributed by atoms with Gasteiger partial charge in [-0.15, -0.1) is 0 Å². The third kappa shape index (κ3) is 10.4. The van der Waals surface area contributed by atoms with Crippen molar-refractivity contribution in [1.29, 1.82) is 0 Å². The topological polar surface area (TPSA) is 168 Å². The monoisotopic (exact) mass is 556 g/mol. The molecule has 15 nitrogen and oxygen atoms in total. The van der Waals surface area contributed by atoms with Crippen molar-refractivity contribution >= 4 is 17.8 Å². The Balaban J connectivity index is 5.60. The molecule has 0 saturated heterocycles. The molecule has 0 radical (unpaired) electrons. The van der Waals surface area contributed by atoms with Crippen molar-refractivity contribution in [2.24, 2.45) is 0 Å². The van der Waals surface area contributed by atoms with E-state index in [4.69, 9.17) is 47.4 Å². The maximum absolute atomic E-state index is 12.9. The predicted molar refractivity (Wildman–Crippen MR) is 132 cm³/mol. The van der Waals surface area contributed by atoms with Gasteiger partial charge in [0.1, 0.15) is 36.6 Å². The molecule has 0 aromatic rings. The van der Waals surface area contributed by atoms with Gasteiger partial charge in [-0.1, -0.05) is 0 Å². The highest BCUT2D eigenvalue weighted by Gasteiger charge is 2.42. The lowest BCUT2D eigenvalue weighted by Crippen LogP contribution is -2.58. The molecule has 0 heterocycles. The molecule has 0 aliphatic heterocycles. The molecule has 8 atom stereocenters. The van der Waals surface area contributed by atoms with Gasteiger partial charge in [0.15, 0.2) is 12.2 Å². The number of urea groups is 1. The normalized spacial score (nSPS) is 17.9. The minimum Gasteiger partial charge on any atom is -0.382 e. The smallest absolute Gasteiger partial charge is 0.328 e. The van der Waals surface area contributed by atoms with Gasteiger partial charge in [0.05, 0.1) is 13.2 Å². The highest BCUT2D eigenvalue weighted by Crippen LogP contribution is 2.18. The molecule has 0 rings (SSSR count). The Morgan fingerprint density at radius 3 is 1.00 bits per heavy atom. The molecule has 0 fully saturated rings. The Labute approximate surface area is 223 Å². The molecule has 0 aliphatic rings. The summed E-state index contributed by atoms with van der Waals surface area (Å²) in [6.45, 7) is 0.273. The third-order valence-electron chi connectivity index (χ3n) is 5.83. The summed E-state index contributed by atoms with van der Waals surface area (Å²) >= 11 is 0. The Morgan fingerprint density at radius 2 is 0.789 bits per heavy atom. The van der Waals surface area contributed by atoms with E-state index >= 15 is 0 Å². The molecular weight excluding hydrogens is 512 g/mol. The van der Waals surface area contributed by atoms with Gasteiger partial charge in [-0.3, -0.25) is 20.2 Å². The number of hydrogen-bond acceptors (Lipinski definition) is 13. The average molecular weight is 557 g/mol. The molecule has 4 amide bonds. The van der Waals surface area contributed by atoms with Gasteiger partial charge < -0.3 is 47.4 Å². The van der Waals surface area contributed by atoms with Crippen LogP contribution in [0.5, 0.6) is 0 Å². The molecule has 0 aromatic heterocycles. The van der Waals surface area contributed by atoms with E-state index in [9.17, 15) is 14.4 Å². The summed E-state index contributed by atoms with van der Waals surface area (Å²) in [7, 11) is 13.8. The number of amides is 4. The van der Waals surface area contributed by atoms with Gasteiger partial charge >= 0.3 is 6.03 Å². The number of hydrogen-bond donors (Lipinski definition) is 2. The van der Waals surface area contributed by atoms with E-state index in [1.54, 1.807) is 0 Å². The van der Waals surface area contributed by atoms with Crippen LogP contribution in [0, 0.1) is 0 Å². The number of imide groups is 2.